The quantitative estimate of drug-likeness (QED) is 0.829. The lowest BCUT2D eigenvalue weighted by atomic mass is 10.1. The molecule has 0 aliphatic rings. The Morgan fingerprint density at radius 3 is 2.29 bits per heavy atom. The van der Waals surface area contributed by atoms with Crippen molar-refractivity contribution >= 4 is 5.69 Å². The van der Waals surface area contributed by atoms with Crippen LogP contribution in [0.5, 0.6) is 0 Å². The average molecular weight is 231 g/mol. The fourth-order valence-corrected chi connectivity index (χ4v) is 2.03. The first-order valence-electron chi connectivity index (χ1n) is 5.71. The summed E-state index contributed by atoms with van der Waals surface area (Å²) in [6.07, 6.45) is 0.721. The summed E-state index contributed by atoms with van der Waals surface area (Å²) in [5.74, 6) is 0. The summed E-state index contributed by atoms with van der Waals surface area (Å²) < 4.78 is 1.51. The number of rotatable bonds is 2. The molecule has 17 heavy (non-hydrogen) atoms. The smallest absolute Gasteiger partial charge is 0.294 e. The molecule has 3 N–H and O–H groups in total. The summed E-state index contributed by atoms with van der Waals surface area (Å²) in [7, 11) is 0. The van der Waals surface area contributed by atoms with Crippen LogP contribution in [0, 0.1) is 13.8 Å². The molecule has 90 valence electrons. The van der Waals surface area contributed by atoms with Gasteiger partial charge in [0.05, 0.1) is 11.4 Å². The molecule has 2 aromatic rings. The number of nitrogens with two attached hydrogens (primary N) is 1. The lowest BCUT2D eigenvalue weighted by Gasteiger charge is -2.05. The molecule has 4 heteroatoms. The van der Waals surface area contributed by atoms with Crippen LogP contribution in [0.15, 0.2) is 23.0 Å². The predicted octanol–water partition coefficient (Wildman–Crippen LogP) is 1.93. The second-order valence-electron chi connectivity index (χ2n) is 4.34. The van der Waals surface area contributed by atoms with E-state index in [1.807, 2.05) is 32.9 Å². The highest BCUT2D eigenvalue weighted by atomic mass is 16.1. The molecule has 0 bridgehead atoms. The minimum atomic E-state index is -0.174. The van der Waals surface area contributed by atoms with Crippen molar-refractivity contribution in [3.63, 3.8) is 0 Å². The highest BCUT2D eigenvalue weighted by Crippen LogP contribution is 2.13. The normalized spacial score (nSPS) is 10.8. The van der Waals surface area contributed by atoms with E-state index < -0.39 is 0 Å². The van der Waals surface area contributed by atoms with Gasteiger partial charge < -0.3 is 5.73 Å². The van der Waals surface area contributed by atoms with E-state index in [2.05, 4.69) is 11.2 Å². The molecule has 1 aromatic carbocycles. The van der Waals surface area contributed by atoms with Crippen molar-refractivity contribution in [3.8, 4) is 5.69 Å². The molecular formula is C13H17N3O. The van der Waals surface area contributed by atoms with Crippen LogP contribution in [0.25, 0.3) is 5.69 Å². The molecule has 0 unspecified atom stereocenters. The Kier molecular flexibility index (Phi) is 2.79. The maximum absolute atomic E-state index is 12.0. The van der Waals surface area contributed by atoms with E-state index in [0.29, 0.717) is 5.69 Å². The molecule has 0 saturated carbocycles. The van der Waals surface area contributed by atoms with Gasteiger partial charge >= 0.3 is 0 Å². The topological polar surface area (TPSA) is 63.8 Å². The highest BCUT2D eigenvalue weighted by molar-refractivity contribution is 5.46. The molecule has 4 nitrogen and oxygen atoms in total. The number of nitrogens with zero attached hydrogens (tertiary/aromatic N) is 1. The SMILES string of the molecule is CCc1[nH]n(-c2cc(C)cc(C)c2)c(=O)c1N. The zero-order valence-electron chi connectivity index (χ0n) is 10.4. The summed E-state index contributed by atoms with van der Waals surface area (Å²) in [6, 6.07) is 6.00. The molecule has 1 heterocycles. The first-order chi connectivity index (χ1) is 8.02. The van der Waals surface area contributed by atoms with Crippen LogP contribution < -0.4 is 11.3 Å². The summed E-state index contributed by atoms with van der Waals surface area (Å²) in [5.41, 5.74) is 9.77. The van der Waals surface area contributed by atoms with Gasteiger partial charge in [-0.2, -0.15) is 0 Å². The summed E-state index contributed by atoms with van der Waals surface area (Å²) in [5, 5.41) is 3.05. The van der Waals surface area contributed by atoms with Crippen molar-refractivity contribution in [1.29, 1.82) is 0 Å². The largest absolute Gasteiger partial charge is 0.393 e. The third-order valence-corrected chi connectivity index (χ3v) is 2.82. The number of H-pyrrole nitrogens is 1. The van der Waals surface area contributed by atoms with Crippen molar-refractivity contribution in [2.24, 2.45) is 0 Å². The first kappa shape index (κ1) is 11.5. The number of aromatic amines is 1. The van der Waals surface area contributed by atoms with Gasteiger partial charge in [0.25, 0.3) is 5.56 Å². The average Bonchev–Trinajstić information content (AvgIpc) is 2.54. The molecule has 0 amide bonds. The molecular weight excluding hydrogens is 214 g/mol. The summed E-state index contributed by atoms with van der Waals surface area (Å²) >= 11 is 0. The van der Waals surface area contributed by atoms with Crippen LogP contribution in [0.4, 0.5) is 5.69 Å². The molecule has 2 rings (SSSR count). The van der Waals surface area contributed by atoms with Gasteiger partial charge in [-0.05, 0) is 43.5 Å². The Hall–Kier alpha value is -1.97. The van der Waals surface area contributed by atoms with Crippen molar-refractivity contribution in [3.05, 3.63) is 45.4 Å². The van der Waals surface area contributed by atoms with Gasteiger partial charge in [0.15, 0.2) is 0 Å². The van der Waals surface area contributed by atoms with Gasteiger partial charge in [0.2, 0.25) is 0 Å². The van der Waals surface area contributed by atoms with Crippen LogP contribution in [-0.2, 0) is 6.42 Å². The molecule has 0 atom stereocenters. The fraction of sp³-hybridized carbons (Fsp3) is 0.308. The molecule has 0 fully saturated rings. The van der Waals surface area contributed by atoms with Crippen molar-refractivity contribution in [2.45, 2.75) is 27.2 Å². The van der Waals surface area contributed by atoms with E-state index in [1.54, 1.807) is 0 Å². The number of benzene rings is 1. The molecule has 0 spiro atoms. The van der Waals surface area contributed by atoms with E-state index in [9.17, 15) is 4.79 Å². The van der Waals surface area contributed by atoms with Gasteiger partial charge in [-0.15, -0.1) is 0 Å². The van der Waals surface area contributed by atoms with Gasteiger partial charge in [-0.1, -0.05) is 13.0 Å². The number of aromatic nitrogens is 2. The lowest BCUT2D eigenvalue weighted by Crippen LogP contribution is -2.16. The van der Waals surface area contributed by atoms with Crippen LogP contribution in [0.2, 0.25) is 0 Å². The highest BCUT2D eigenvalue weighted by Gasteiger charge is 2.11. The summed E-state index contributed by atoms with van der Waals surface area (Å²) in [4.78, 5) is 12.0. The molecule has 0 radical (unpaired) electrons. The van der Waals surface area contributed by atoms with E-state index in [4.69, 9.17) is 5.73 Å². The lowest BCUT2D eigenvalue weighted by molar-refractivity contribution is 0.817. The number of hydrogen-bond acceptors (Lipinski definition) is 2. The van der Waals surface area contributed by atoms with E-state index >= 15 is 0 Å². The zero-order chi connectivity index (χ0) is 12.6. The Morgan fingerprint density at radius 2 is 1.82 bits per heavy atom. The number of nitrogen functional groups attached to an aromatic ring is 1. The van der Waals surface area contributed by atoms with E-state index in [-0.39, 0.29) is 5.56 Å². The zero-order valence-corrected chi connectivity index (χ0v) is 10.4. The van der Waals surface area contributed by atoms with E-state index in [0.717, 1.165) is 28.9 Å². The fourth-order valence-electron chi connectivity index (χ4n) is 2.03. The molecule has 0 aliphatic carbocycles. The third-order valence-electron chi connectivity index (χ3n) is 2.82. The van der Waals surface area contributed by atoms with Crippen molar-refractivity contribution in [2.75, 3.05) is 5.73 Å². The maximum Gasteiger partial charge on any atom is 0.294 e. The second kappa shape index (κ2) is 4.13. The van der Waals surface area contributed by atoms with Gasteiger partial charge in [-0.3, -0.25) is 9.89 Å². The maximum atomic E-state index is 12.0. The van der Waals surface area contributed by atoms with Crippen LogP contribution in [-0.4, -0.2) is 9.78 Å². The molecule has 0 aliphatic heterocycles. The van der Waals surface area contributed by atoms with Gasteiger partial charge in [-0.25, -0.2) is 4.68 Å². The van der Waals surface area contributed by atoms with Gasteiger partial charge in [0.1, 0.15) is 5.69 Å². The first-order valence-corrected chi connectivity index (χ1v) is 5.71. The Bertz CT molecular complexity index is 587. The minimum Gasteiger partial charge on any atom is -0.393 e. The number of nitrogens with one attached hydrogen (secondary N) is 1. The molecule has 1 aromatic heterocycles. The van der Waals surface area contributed by atoms with Crippen LogP contribution in [0.1, 0.15) is 23.7 Å². The van der Waals surface area contributed by atoms with Crippen LogP contribution in [0.3, 0.4) is 0 Å². The Balaban J connectivity index is 2.64. The van der Waals surface area contributed by atoms with E-state index in [1.165, 1.54) is 4.68 Å². The third kappa shape index (κ3) is 1.98. The minimum absolute atomic E-state index is 0.174. The monoisotopic (exact) mass is 231 g/mol. The van der Waals surface area contributed by atoms with Crippen molar-refractivity contribution < 1.29 is 0 Å². The standard InChI is InChI=1S/C13H17N3O/c1-4-11-12(14)13(17)16(15-11)10-6-8(2)5-9(3)7-10/h5-7,15H,4,14H2,1-3H3. The second-order valence-corrected chi connectivity index (χ2v) is 4.34. The number of aryl methyl sites for hydroxylation is 3. The summed E-state index contributed by atoms with van der Waals surface area (Å²) in [6.45, 7) is 5.98. The molecule has 0 saturated heterocycles. The van der Waals surface area contributed by atoms with Crippen LogP contribution >= 0.6 is 0 Å². The predicted molar refractivity (Wildman–Crippen MR) is 69.7 cm³/mol. The Labute approximate surface area is 100 Å². The van der Waals surface area contributed by atoms with Gasteiger partial charge in [0, 0.05) is 0 Å². The van der Waals surface area contributed by atoms with Crippen molar-refractivity contribution in [1.82, 2.24) is 9.78 Å². The Morgan fingerprint density at radius 1 is 1.24 bits per heavy atom. The number of anilines is 1. The number of hydrogen-bond donors (Lipinski definition) is 2.